The third-order valence-corrected chi connectivity index (χ3v) is 5.91. The largest absolute Gasteiger partial charge is 0.338 e. The molecule has 0 aromatic carbocycles. The average Bonchev–Trinajstić information content (AvgIpc) is 3.48. The fraction of sp³-hybridized carbons (Fsp3) is 0.526. The van der Waals surface area contributed by atoms with Crippen molar-refractivity contribution in [3.8, 4) is 0 Å². The van der Waals surface area contributed by atoms with Crippen LogP contribution >= 0.6 is 0 Å². The Hall–Kier alpha value is -2.77. The van der Waals surface area contributed by atoms with Crippen LogP contribution in [0.25, 0.3) is 11.2 Å². The van der Waals surface area contributed by atoms with E-state index < -0.39 is 0 Å². The van der Waals surface area contributed by atoms with E-state index in [4.69, 9.17) is 0 Å². The van der Waals surface area contributed by atoms with Gasteiger partial charge in [-0.25, -0.2) is 15.0 Å². The standard InChI is InChI=1S/C19H23N7O/c27-19(25-7-3-4-13(10-25)17-21-11-23-24-17)14-8-16-18(20-9-14)26(12-22-16)15-5-1-2-6-15/h8-9,11-13,15H,1-7,10H2,(H,21,23,24). The molecule has 1 unspecified atom stereocenters. The number of amides is 1. The van der Waals surface area contributed by atoms with Crippen LogP contribution in [-0.2, 0) is 0 Å². The molecular formula is C19H23N7O. The number of piperidine rings is 1. The Morgan fingerprint density at radius 2 is 2.00 bits per heavy atom. The number of fused-ring (bicyclic) bond motifs is 1. The van der Waals surface area contributed by atoms with Crippen molar-refractivity contribution in [2.75, 3.05) is 13.1 Å². The van der Waals surface area contributed by atoms with Crippen LogP contribution in [0.1, 0.15) is 66.7 Å². The molecule has 3 aromatic rings. The predicted octanol–water partition coefficient (Wildman–Crippen LogP) is 2.68. The molecule has 1 N–H and O–H groups in total. The zero-order chi connectivity index (χ0) is 18.2. The van der Waals surface area contributed by atoms with E-state index >= 15 is 0 Å². The second kappa shape index (κ2) is 6.75. The van der Waals surface area contributed by atoms with Crippen LogP contribution in [0.5, 0.6) is 0 Å². The summed E-state index contributed by atoms with van der Waals surface area (Å²) < 4.78 is 2.18. The van der Waals surface area contributed by atoms with Crippen molar-refractivity contribution in [2.24, 2.45) is 0 Å². The summed E-state index contributed by atoms with van der Waals surface area (Å²) in [4.78, 5) is 28.3. The van der Waals surface area contributed by atoms with Gasteiger partial charge in [0.1, 0.15) is 17.7 Å². The van der Waals surface area contributed by atoms with Crippen molar-refractivity contribution in [1.29, 1.82) is 0 Å². The second-order valence-corrected chi connectivity index (χ2v) is 7.62. The number of likely N-dealkylation sites (tertiary alicyclic amines) is 1. The minimum atomic E-state index is 0.0176. The summed E-state index contributed by atoms with van der Waals surface area (Å²) in [5.74, 6) is 1.09. The highest BCUT2D eigenvalue weighted by Crippen LogP contribution is 2.31. The van der Waals surface area contributed by atoms with E-state index in [0.717, 1.165) is 36.4 Å². The van der Waals surface area contributed by atoms with Gasteiger partial charge in [-0.3, -0.25) is 9.89 Å². The van der Waals surface area contributed by atoms with Gasteiger partial charge in [0.05, 0.1) is 11.9 Å². The van der Waals surface area contributed by atoms with Gasteiger partial charge < -0.3 is 9.47 Å². The SMILES string of the molecule is O=C(c1cnc2c(c1)ncn2C1CCCC1)N1CCCC(c2ncn[nH]2)C1. The Labute approximate surface area is 157 Å². The summed E-state index contributed by atoms with van der Waals surface area (Å²) in [5.41, 5.74) is 2.30. The van der Waals surface area contributed by atoms with E-state index in [9.17, 15) is 4.79 Å². The van der Waals surface area contributed by atoms with Gasteiger partial charge in [-0.05, 0) is 31.7 Å². The summed E-state index contributed by atoms with van der Waals surface area (Å²) in [5, 5.41) is 6.87. The number of nitrogens with one attached hydrogen (secondary N) is 1. The van der Waals surface area contributed by atoms with Gasteiger partial charge in [0.15, 0.2) is 5.65 Å². The van der Waals surface area contributed by atoms with Crippen LogP contribution in [0, 0.1) is 0 Å². The number of nitrogens with zero attached hydrogens (tertiary/aromatic N) is 6. The minimum absolute atomic E-state index is 0.0176. The molecule has 1 aliphatic carbocycles. The molecule has 8 heteroatoms. The third kappa shape index (κ3) is 2.98. The van der Waals surface area contributed by atoms with Gasteiger partial charge in [0.25, 0.3) is 5.91 Å². The first-order valence-corrected chi connectivity index (χ1v) is 9.77. The fourth-order valence-corrected chi connectivity index (χ4v) is 4.46. The van der Waals surface area contributed by atoms with Crippen molar-refractivity contribution >= 4 is 17.1 Å². The molecule has 1 saturated heterocycles. The lowest BCUT2D eigenvalue weighted by Crippen LogP contribution is -2.39. The van der Waals surface area contributed by atoms with E-state index in [1.54, 1.807) is 6.20 Å². The molecule has 3 aromatic heterocycles. The van der Waals surface area contributed by atoms with Gasteiger partial charge in [0.2, 0.25) is 0 Å². The van der Waals surface area contributed by atoms with Crippen molar-refractivity contribution in [1.82, 2.24) is 34.6 Å². The number of carbonyl (C=O) groups excluding carboxylic acids is 1. The molecule has 5 rings (SSSR count). The summed E-state index contributed by atoms with van der Waals surface area (Å²) in [7, 11) is 0. The molecule has 1 aliphatic heterocycles. The monoisotopic (exact) mass is 365 g/mol. The Balaban J connectivity index is 1.37. The first kappa shape index (κ1) is 16.4. The fourth-order valence-electron chi connectivity index (χ4n) is 4.46. The summed E-state index contributed by atoms with van der Waals surface area (Å²) >= 11 is 0. The predicted molar refractivity (Wildman–Crippen MR) is 99.3 cm³/mol. The first-order chi connectivity index (χ1) is 13.3. The van der Waals surface area contributed by atoms with E-state index in [0.29, 0.717) is 18.2 Å². The van der Waals surface area contributed by atoms with Gasteiger partial charge in [0, 0.05) is 31.2 Å². The first-order valence-electron chi connectivity index (χ1n) is 9.77. The zero-order valence-electron chi connectivity index (χ0n) is 15.2. The lowest BCUT2D eigenvalue weighted by molar-refractivity contribution is 0.0704. The maximum absolute atomic E-state index is 13.0. The maximum Gasteiger partial charge on any atom is 0.255 e. The van der Waals surface area contributed by atoms with E-state index in [-0.39, 0.29) is 11.8 Å². The van der Waals surface area contributed by atoms with Crippen LogP contribution in [0.2, 0.25) is 0 Å². The van der Waals surface area contributed by atoms with E-state index in [1.807, 2.05) is 17.3 Å². The molecule has 0 spiro atoms. The molecule has 2 aliphatic rings. The van der Waals surface area contributed by atoms with Crippen LogP contribution in [0.4, 0.5) is 0 Å². The lowest BCUT2D eigenvalue weighted by Gasteiger charge is -2.31. The average molecular weight is 365 g/mol. The number of imidazole rings is 1. The maximum atomic E-state index is 13.0. The summed E-state index contributed by atoms with van der Waals surface area (Å²) in [6.45, 7) is 1.42. The molecule has 1 atom stereocenters. The van der Waals surface area contributed by atoms with Gasteiger partial charge in [-0.1, -0.05) is 12.8 Å². The van der Waals surface area contributed by atoms with Crippen molar-refractivity contribution in [3.05, 3.63) is 36.3 Å². The normalized spacial score (nSPS) is 21.2. The van der Waals surface area contributed by atoms with Crippen molar-refractivity contribution in [3.63, 3.8) is 0 Å². The van der Waals surface area contributed by atoms with Crippen LogP contribution < -0.4 is 0 Å². The molecule has 0 bridgehead atoms. The molecule has 140 valence electrons. The van der Waals surface area contributed by atoms with Crippen molar-refractivity contribution < 1.29 is 4.79 Å². The smallest absolute Gasteiger partial charge is 0.255 e. The molecule has 4 heterocycles. The molecule has 1 saturated carbocycles. The zero-order valence-corrected chi connectivity index (χ0v) is 15.2. The molecule has 2 fully saturated rings. The number of aromatic nitrogens is 6. The molecule has 0 radical (unpaired) electrons. The summed E-state index contributed by atoms with van der Waals surface area (Å²) in [6.07, 6.45) is 12.0. The Kier molecular flexibility index (Phi) is 4.10. The van der Waals surface area contributed by atoms with Crippen LogP contribution in [0.3, 0.4) is 0 Å². The number of carbonyl (C=O) groups is 1. The highest BCUT2D eigenvalue weighted by Gasteiger charge is 2.28. The van der Waals surface area contributed by atoms with Gasteiger partial charge >= 0.3 is 0 Å². The van der Waals surface area contributed by atoms with Gasteiger partial charge in [-0.15, -0.1) is 0 Å². The number of H-pyrrole nitrogens is 1. The topological polar surface area (TPSA) is 92.6 Å². The molecular weight excluding hydrogens is 342 g/mol. The Bertz CT molecular complexity index is 942. The third-order valence-electron chi connectivity index (χ3n) is 5.91. The van der Waals surface area contributed by atoms with E-state index in [1.165, 1.54) is 32.0 Å². The summed E-state index contributed by atoms with van der Waals surface area (Å²) in [6, 6.07) is 2.38. The number of hydrogen-bond acceptors (Lipinski definition) is 5. The van der Waals surface area contributed by atoms with Crippen LogP contribution in [0.15, 0.2) is 24.9 Å². The molecule has 27 heavy (non-hydrogen) atoms. The van der Waals surface area contributed by atoms with E-state index in [2.05, 4.69) is 29.7 Å². The molecule has 1 amide bonds. The number of aromatic amines is 1. The highest BCUT2D eigenvalue weighted by atomic mass is 16.2. The number of pyridine rings is 1. The quantitative estimate of drug-likeness (QED) is 0.770. The van der Waals surface area contributed by atoms with Gasteiger partial charge in [-0.2, -0.15) is 5.10 Å². The Morgan fingerprint density at radius 3 is 2.81 bits per heavy atom. The Morgan fingerprint density at radius 1 is 1.11 bits per heavy atom. The second-order valence-electron chi connectivity index (χ2n) is 7.62. The molecule has 8 nitrogen and oxygen atoms in total. The number of hydrogen-bond donors (Lipinski definition) is 1. The van der Waals surface area contributed by atoms with Crippen LogP contribution in [-0.4, -0.2) is 53.6 Å². The highest BCUT2D eigenvalue weighted by molar-refractivity contribution is 5.96. The van der Waals surface area contributed by atoms with Crippen molar-refractivity contribution in [2.45, 2.75) is 50.5 Å². The minimum Gasteiger partial charge on any atom is -0.338 e. The number of rotatable bonds is 3. The lowest BCUT2D eigenvalue weighted by atomic mass is 9.97.